The summed E-state index contributed by atoms with van der Waals surface area (Å²) in [5.74, 6) is 0.0953. The molecule has 0 aliphatic carbocycles. The van der Waals surface area contributed by atoms with Gasteiger partial charge in [-0.2, -0.15) is 0 Å². The minimum absolute atomic E-state index is 0.0321. The Balaban J connectivity index is 1.35. The summed E-state index contributed by atoms with van der Waals surface area (Å²) >= 11 is 7.51. The van der Waals surface area contributed by atoms with Crippen LogP contribution in [0.15, 0.2) is 48.5 Å². The third-order valence-corrected chi connectivity index (χ3v) is 8.28. The second-order valence-electron chi connectivity index (χ2n) is 9.97. The molecule has 1 saturated heterocycles. The highest BCUT2D eigenvalue weighted by molar-refractivity contribution is 7.20. The van der Waals surface area contributed by atoms with Crippen LogP contribution in [0, 0.1) is 5.92 Å². The lowest BCUT2D eigenvalue weighted by atomic mass is 9.84. The van der Waals surface area contributed by atoms with Crippen molar-refractivity contribution < 1.29 is 9.59 Å². The predicted molar refractivity (Wildman–Crippen MR) is 147 cm³/mol. The summed E-state index contributed by atoms with van der Waals surface area (Å²) in [7, 11) is 0. The molecule has 35 heavy (non-hydrogen) atoms. The van der Waals surface area contributed by atoms with Gasteiger partial charge in [0.05, 0.1) is 4.88 Å². The Kier molecular flexibility index (Phi) is 7.84. The van der Waals surface area contributed by atoms with Crippen LogP contribution in [0.5, 0.6) is 0 Å². The van der Waals surface area contributed by atoms with E-state index in [2.05, 4.69) is 62.2 Å². The summed E-state index contributed by atoms with van der Waals surface area (Å²) in [5, 5.41) is 4.65. The molecule has 0 spiro atoms. The van der Waals surface area contributed by atoms with Gasteiger partial charge in [0, 0.05) is 52.8 Å². The van der Waals surface area contributed by atoms with Gasteiger partial charge in [0.15, 0.2) is 0 Å². The maximum Gasteiger partial charge on any atom is 0.261 e. The molecule has 1 N–H and O–H groups in total. The van der Waals surface area contributed by atoms with E-state index in [4.69, 9.17) is 11.6 Å². The van der Waals surface area contributed by atoms with Crippen molar-refractivity contribution in [2.45, 2.75) is 39.5 Å². The van der Waals surface area contributed by atoms with Crippen molar-refractivity contribution >= 4 is 50.5 Å². The highest BCUT2D eigenvalue weighted by Gasteiger charge is 2.31. The van der Waals surface area contributed by atoms with E-state index in [0.717, 1.165) is 35.4 Å². The van der Waals surface area contributed by atoms with Gasteiger partial charge in [-0.1, -0.05) is 51.4 Å². The molecule has 1 aromatic heterocycles. The Labute approximate surface area is 217 Å². The Bertz CT molecular complexity index is 1200. The molecule has 0 radical (unpaired) electrons. The molecule has 3 aromatic rings. The third-order valence-electron chi connectivity index (χ3n) is 6.93. The molecular weight excluding hydrogens is 478 g/mol. The molecule has 1 fully saturated rings. The zero-order valence-electron chi connectivity index (χ0n) is 20.9. The quantitative estimate of drug-likeness (QED) is 0.386. The number of hydrogen-bond acceptors (Lipinski definition) is 4. The Hall–Kier alpha value is -2.41. The van der Waals surface area contributed by atoms with Crippen LogP contribution in [0.4, 0.5) is 5.69 Å². The average molecular weight is 512 g/mol. The van der Waals surface area contributed by atoms with Crippen molar-refractivity contribution in [2.75, 3.05) is 37.6 Å². The highest BCUT2D eigenvalue weighted by atomic mass is 35.5. The van der Waals surface area contributed by atoms with Crippen molar-refractivity contribution in [1.29, 1.82) is 0 Å². The molecule has 1 atom stereocenters. The zero-order valence-corrected chi connectivity index (χ0v) is 22.5. The van der Waals surface area contributed by atoms with E-state index in [9.17, 15) is 9.59 Å². The van der Waals surface area contributed by atoms with Crippen molar-refractivity contribution in [3.8, 4) is 0 Å². The van der Waals surface area contributed by atoms with Crippen LogP contribution < -0.4 is 10.2 Å². The molecule has 0 bridgehead atoms. The van der Waals surface area contributed by atoms with Crippen LogP contribution in [0.1, 0.15) is 49.4 Å². The second-order valence-corrected chi connectivity index (χ2v) is 11.5. The van der Waals surface area contributed by atoms with E-state index < -0.39 is 0 Å². The summed E-state index contributed by atoms with van der Waals surface area (Å²) in [6.07, 6.45) is 0.442. The number of carbonyl (C=O) groups excluding carboxylic acids is 2. The summed E-state index contributed by atoms with van der Waals surface area (Å²) < 4.78 is 1.03. The Morgan fingerprint density at radius 1 is 1.14 bits per heavy atom. The molecule has 1 unspecified atom stereocenters. The number of nitrogens with one attached hydrogen (secondary N) is 1. The highest BCUT2D eigenvalue weighted by Crippen LogP contribution is 2.30. The van der Waals surface area contributed by atoms with E-state index in [0.29, 0.717) is 29.4 Å². The summed E-state index contributed by atoms with van der Waals surface area (Å²) in [4.78, 5) is 30.4. The number of halogens is 1. The normalized spacial score (nSPS) is 16.5. The molecule has 1 aliphatic rings. The van der Waals surface area contributed by atoms with Crippen LogP contribution in [0.3, 0.4) is 0 Å². The van der Waals surface area contributed by atoms with E-state index in [1.54, 1.807) is 0 Å². The van der Waals surface area contributed by atoms with Gasteiger partial charge >= 0.3 is 0 Å². The Morgan fingerprint density at radius 2 is 1.86 bits per heavy atom. The number of benzene rings is 2. The van der Waals surface area contributed by atoms with Crippen molar-refractivity contribution in [3.05, 3.63) is 64.0 Å². The van der Waals surface area contributed by atoms with Crippen molar-refractivity contribution in [1.82, 2.24) is 10.2 Å². The van der Waals surface area contributed by atoms with Gasteiger partial charge < -0.3 is 15.1 Å². The number of rotatable bonds is 9. The molecule has 2 amide bonds. The number of hydrogen-bond donors (Lipinski definition) is 1. The number of likely N-dealkylation sites (N-methyl/N-ethyl adjacent to an activating group) is 1. The predicted octanol–water partition coefficient (Wildman–Crippen LogP) is 5.96. The molecule has 2 aromatic carbocycles. The first kappa shape index (κ1) is 25.7. The van der Waals surface area contributed by atoms with E-state index in [-0.39, 0.29) is 23.1 Å². The van der Waals surface area contributed by atoms with Gasteiger partial charge in [-0.15, -0.1) is 11.3 Å². The lowest BCUT2D eigenvalue weighted by Gasteiger charge is -2.32. The van der Waals surface area contributed by atoms with Gasteiger partial charge in [0.25, 0.3) is 5.91 Å². The van der Waals surface area contributed by atoms with Gasteiger partial charge in [0.2, 0.25) is 5.91 Å². The largest absolute Gasteiger partial charge is 0.351 e. The van der Waals surface area contributed by atoms with Gasteiger partial charge in [-0.3, -0.25) is 9.59 Å². The molecule has 2 heterocycles. The fourth-order valence-corrected chi connectivity index (χ4v) is 5.95. The first-order valence-electron chi connectivity index (χ1n) is 12.3. The van der Waals surface area contributed by atoms with Crippen molar-refractivity contribution in [3.63, 3.8) is 0 Å². The van der Waals surface area contributed by atoms with E-state index in [1.807, 2.05) is 29.2 Å². The molecule has 186 valence electrons. The van der Waals surface area contributed by atoms with Crippen molar-refractivity contribution in [2.24, 2.45) is 5.92 Å². The SMILES string of the molecule is CCN(CC)CC(C)(C)c1ccc(N2CC(CNC(=O)c3cc4cc(Cl)ccc4s3)CC2=O)cc1. The fraction of sp³-hybridized carbons (Fsp3) is 0.429. The molecule has 5 nitrogen and oxygen atoms in total. The van der Waals surface area contributed by atoms with Gasteiger partial charge in [0.1, 0.15) is 0 Å². The number of anilines is 1. The monoisotopic (exact) mass is 511 g/mol. The maximum atomic E-state index is 12.8. The average Bonchev–Trinajstić information content (AvgIpc) is 3.44. The maximum absolute atomic E-state index is 12.8. The third kappa shape index (κ3) is 5.88. The molecular formula is C28H34ClN3O2S. The minimum Gasteiger partial charge on any atom is -0.351 e. The summed E-state index contributed by atoms with van der Waals surface area (Å²) in [5.41, 5.74) is 2.23. The topological polar surface area (TPSA) is 52.6 Å². The van der Waals surface area contributed by atoms with E-state index in [1.165, 1.54) is 16.9 Å². The van der Waals surface area contributed by atoms with Gasteiger partial charge in [-0.25, -0.2) is 0 Å². The van der Waals surface area contributed by atoms with Crippen LogP contribution in [-0.4, -0.2) is 49.4 Å². The number of thiophene rings is 1. The van der Waals surface area contributed by atoms with Crippen LogP contribution in [0.25, 0.3) is 10.1 Å². The standard InChI is InChI=1S/C28H34ClN3O2S/c1-5-31(6-2)18-28(3,4)21-7-10-23(11-8-21)32-17-19(13-26(32)33)16-30-27(34)25-15-20-14-22(29)9-12-24(20)35-25/h7-12,14-15,19H,5-6,13,16-18H2,1-4H3,(H,30,34). The number of fused-ring (bicyclic) bond motifs is 1. The van der Waals surface area contributed by atoms with Crippen LogP contribution in [0.2, 0.25) is 5.02 Å². The Morgan fingerprint density at radius 3 is 2.54 bits per heavy atom. The molecule has 7 heteroatoms. The molecule has 4 rings (SSSR count). The zero-order chi connectivity index (χ0) is 25.2. The molecule has 1 aliphatic heterocycles. The minimum atomic E-state index is -0.104. The fourth-order valence-electron chi connectivity index (χ4n) is 4.81. The van der Waals surface area contributed by atoms with E-state index >= 15 is 0 Å². The van der Waals surface area contributed by atoms with Crippen LogP contribution in [-0.2, 0) is 10.2 Å². The lowest BCUT2D eigenvalue weighted by molar-refractivity contribution is -0.117. The first-order valence-corrected chi connectivity index (χ1v) is 13.5. The number of nitrogens with zero attached hydrogens (tertiary/aromatic N) is 2. The number of amides is 2. The summed E-state index contributed by atoms with van der Waals surface area (Å²) in [6, 6.07) is 15.9. The summed E-state index contributed by atoms with van der Waals surface area (Å²) in [6.45, 7) is 13.1. The molecule has 0 saturated carbocycles. The second kappa shape index (κ2) is 10.7. The number of carbonyl (C=O) groups is 2. The van der Waals surface area contributed by atoms with Crippen LogP contribution >= 0.6 is 22.9 Å². The van der Waals surface area contributed by atoms with Gasteiger partial charge in [-0.05, 0) is 60.4 Å². The first-order chi connectivity index (χ1) is 16.7. The smallest absolute Gasteiger partial charge is 0.261 e. The lowest BCUT2D eigenvalue weighted by Crippen LogP contribution is -2.36.